The standard InChI is InChI=1S/C22H31NO4/c1-22(2,3)27-21(24)23-12-10-17(11-13-23)8-6-7-9-18-14-19(25-4)16-20(15-18)26-5/h6-7,10,14-16H,8-9,11-13H2,1-5H3/b7-6+. The van der Waals surface area contributed by atoms with E-state index < -0.39 is 5.60 Å². The van der Waals surface area contributed by atoms with Crippen molar-refractivity contribution in [2.45, 2.75) is 45.6 Å². The molecular formula is C22H31NO4. The lowest BCUT2D eigenvalue weighted by Gasteiger charge is -2.29. The summed E-state index contributed by atoms with van der Waals surface area (Å²) < 4.78 is 16.0. The SMILES string of the molecule is COc1cc(C/C=C/CC2=CCN(C(=O)OC(C)(C)C)CC2)cc(OC)c1. The Hall–Kier alpha value is -2.43. The first kappa shape index (κ1) is 20.9. The highest BCUT2D eigenvalue weighted by Crippen LogP contribution is 2.23. The molecule has 1 aliphatic heterocycles. The minimum absolute atomic E-state index is 0.236. The van der Waals surface area contributed by atoms with Gasteiger partial charge in [-0.15, -0.1) is 0 Å². The summed E-state index contributed by atoms with van der Waals surface area (Å²) in [5, 5.41) is 0. The van der Waals surface area contributed by atoms with Gasteiger partial charge in [-0.3, -0.25) is 0 Å². The van der Waals surface area contributed by atoms with Crippen molar-refractivity contribution in [2.75, 3.05) is 27.3 Å². The third-order valence-corrected chi connectivity index (χ3v) is 4.27. The van der Waals surface area contributed by atoms with Gasteiger partial charge in [-0.1, -0.05) is 23.8 Å². The summed E-state index contributed by atoms with van der Waals surface area (Å²) >= 11 is 0. The van der Waals surface area contributed by atoms with Crippen molar-refractivity contribution >= 4 is 6.09 Å². The van der Waals surface area contributed by atoms with Gasteiger partial charge in [0.1, 0.15) is 17.1 Å². The summed E-state index contributed by atoms with van der Waals surface area (Å²) in [5.74, 6) is 1.60. The summed E-state index contributed by atoms with van der Waals surface area (Å²) in [7, 11) is 3.31. The lowest BCUT2D eigenvalue weighted by atomic mass is 10.0. The van der Waals surface area contributed by atoms with Crippen LogP contribution in [0.4, 0.5) is 4.79 Å². The number of methoxy groups -OCH3 is 2. The molecule has 0 spiro atoms. The summed E-state index contributed by atoms with van der Waals surface area (Å²) in [5.41, 5.74) is 2.05. The molecule has 1 aromatic carbocycles. The molecule has 0 fully saturated rings. The van der Waals surface area contributed by atoms with Gasteiger partial charge in [-0.05, 0) is 57.7 Å². The van der Waals surface area contributed by atoms with Crippen LogP contribution in [-0.2, 0) is 11.2 Å². The highest BCUT2D eigenvalue weighted by molar-refractivity contribution is 5.68. The van der Waals surface area contributed by atoms with Crippen LogP contribution >= 0.6 is 0 Å². The van der Waals surface area contributed by atoms with Gasteiger partial charge in [0.05, 0.1) is 14.2 Å². The average molecular weight is 373 g/mol. The number of rotatable bonds is 6. The topological polar surface area (TPSA) is 48.0 Å². The largest absolute Gasteiger partial charge is 0.497 e. The maximum Gasteiger partial charge on any atom is 0.410 e. The minimum atomic E-state index is -0.452. The van der Waals surface area contributed by atoms with Gasteiger partial charge < -0.3 is 19.1 Å². The van der Waals surface area contributed by atoms with Gasteiger partial charge in [0, 0.05) is 19.2 Å². The van der Waals surface area contributed by atoms with Crippen molar-refractivity contribution in [3.63, 3.8) is 0 Å². The van der Waals surface area contributed by atoms with Crippen molar-refractivity contribution in [3.05, 3.63) is 47.6 Å². The molecule has 5 nitrogen and oxygen atoms in total. The van der Waals surface area contributed by atoms with Crippen molar-refractivity contribution in [1.29, 1.82) is 0 Å². The smallest absolute Gasteiger partial charge is 0.410 e. The van der Waals surface area contributed by atoms with Crippen LogP contribution in [0.15, 0.2) is 42.0 Å². The quantitative estimate of drug-likeness (QED) is 0.675. The Labute approximate surface area is 162 Å². The first-order valence-corrected chi connectivity index (χ1v) is 9.33. The second-order valence-electron chi connectivity index (χ2n) is 7.64. The Morgan fingerprint density at radius 1 is 1.07 bits per heavy atom. The molecule has 1 aromatic rings. The number of carbonyl (C=O) groups is 1. The molecule has 27 heavy (non-hydrogen) atoms. The summed E-state index contributed by atoms with van der Waals surface area (Å²) in [6.45, 7) is 6.99. The van der Waals surface area contributed by atoms with Crippen LogP contribution in [0.5, 0.6) is 11.5 Å². The third-order valence-electron chi connectivity index (χ3n) is 4.27. The zero-order chi connectivity index (χ0) is 19.9. The number of hydrogen-bond donors (Lipinski definition) is 0. The summed E-state index contributed by atoms with van der Waals surface area (Å²) in [6, 6.07) is 5.91. The predicted molar refractivity (Wildman–Crippen MR) is 108 cm³/mol. The molecule has 0 aromatic heterocycles. The van der Waals surface area contributed by atoms with Crippen molar-refractivity contribution in [1.82, 2.24) is 4.90 Å². The lowest BCUT2D eigenvalue weighted by Crippen LogP contribution is -2.39. The molecule has 0 saturated heterocycles. The molecule has 0 unspecified atom stereocenters. The molecule has 148 valence electrons. The van der Waals surface area contributed by atoms with Crippen LogP contribution in [0.25, 0.3) is 0 Å². The van der Waals surface area contributed by atoms with Crippen molar-refractivity contribution in [2.24, 2.45) is 0 Å². The Bertz CT molecular complexity index is 679. The fourth-order valence-corrected chi connectivity index (χ4v) is 2.83. The van der Waals surface area contributed by atoms with Crippen LogP contribution in [0.3, 0.4) is 0 Å². The van der Waals surface area contributed by atoms with Crippen LogP contribution in [-0.4, -0.2) is 43.9 Å². The third kappa shape index (κ3) is 7.00. The normalized spacial score (nSPS) is 14.9. The van der Waals surface area contributed by atoms with Gasteiger partial charge in [0.25, 0.3) is 0 Å². The molecule has 5 heteroatoms. The van der Waals surface area contributed by atoms with Crippen LogP contribution in [0.2, 0.25) is 0 Å². The van der Waals surface area contributed by atoms with Crippen LogP contribution in [0.1, 0.15) is 39.2 Å². The van der Waals surface area contributed by atoms with Gasteiger partial charge in [0.2, 0.25) is 0 Å². The van der Waals surface area contributed by atoms with Gasteiger partial charge in [-0.25, -0.2) is 4.79 Å². The molecule has 0 atom stereocenters. The van der Waals surface area contributed by atoms with Gasteiger partial charge >= 0.3 is 6.09 Å². The van der Waals surface area contributed by atoms with Crippen LogP contribution < -0.4 is 9.47 Å². The van der Waals surface area contributed by atoms with E-state index in [1.54, 1.807) is 19.1 Å². The molecule has 0 saturated carbocycles. The number of hydrogen-bond acceptors (Lipinski definition) is 4. The Morgan fingerprint density at radius 3 is 2.22 bits per heavy atom. The van der Waals surface area contributed by atoms with E-state index in [-0.39, 0.29) is 6.09 Å². The number of nitrogens with zero attached hydrogens (tertiary/aromatic N) is 1. The molecule has 1 heterocycles. The maximum absolute atomic E-state index is 12.1. The van der Waals surface area contributed by atoms with Gasteiger partial charge in [-0.2, -0.15) is 0 Å². The number of amides is 1. The maximum atomic E-state index is 12.1. The van der Waals surface area contributed by atoms with E-state index in [9.17, 15) is 4.79 Å². The van der Waals surface area contributed by atoms with Crippen molar-refractivity contribution in [3.8, 4) is 11.5 Å². The molecule has 0 bridgehead atoms. The van der Waals surface area contributed by atoms with E-state index in [1.807, 2.05) is 39.0 Å². The van der Waals surface area contributed by atoms with E-state index in [1.165, 1.54) is 5.57 Å². The summed E-state index contributed by atoms with van der Waals surface area (Å²) in [6.07, 6.45) is 8.85. The monoisotopic (exact) mass is 373 g/mol. The Morgan fingerprint density at radius 2 is 1.70 bits per heavy atom. The van der Waals surface area contributed by atoms with E-state index in [0.29, 0.717) is 13.1 Å². The van der Waals surface area contributed by atoms with Crippen molar-refractivity contribution < 1.29 is 19.0 Å². The fraction of sp³-hybridized carbons (Fsp3) is 0.500. The van der Waals surface area contributed by atoms with E-state index in [2.05, 4.69) is 18.2 Å². The summed E-state index contributed by atoms with van der Waals surface area (Å²) in [4.78, 5) is 13.8. The first-order valence-electron chi connectivity index (χ1n) is 9.33. The first-order chi connectivity index (χ1) is 12.8. The highest BCUT2D eigenvalue weighted by Gasteiger charge is 2.23. The number of ether oxygens (including phenoxy) is 3. The Balaban J connectivity index is 1.83. The molecule has 1 aliphatic rings. The predicted octanol–water partition coefficient (Wildman–Crippen LogP) is 4.76. The zero-order valence-electron chi connectivity index (χ0n) is 17.1. The number of allylic oxidation sites excluding steroid dienone is 2. The van der Waals surface area contributed by atoms with E-state index >= 15 is 0 Å². The fourth-order valence-electron chi connectivity index (χ4n) is 2.83. The van der Waals surface area contributed by atoms with Gasteiger partial charge in [0.15, 0.2) is 0 Å². The molecular weight excluding hydrogens is 342 g/mol. The second kappa shape index (κ2) is 9.49. The molecule has 0 radical (unpaired) electrons. The van der Waals surface area contributed by atoms with E-state index in [0.717, 1.165) is 36.3 Å². The van der Waals surface area contributed by atoms with E-state index in [4.69, 9.17) is 14.2 Å². The average Bonchev–Trinajstić information content (AvgIpc) is 2.64. The Kier molecular flexibility index (Phi) is 7.34. The number of carbonyl (C=O) groups excluding carboxylic acids is 1. The van der Waals surface area contributed by atoms with Crippen LogP contribution in [0, 0.1) is 0 Å². The number of benzene rings is 1. The second-order valence-corrected chi connectivity index (χ2v) is 7.64. The zero-order valence-corrected chi connectivity index (χ0v) is 17.1. The molecule has 1 amide bonds. The molecule has 2 rings (SSSR count). The minimum Gasteiger partial charge on any atom is -0.497 e. The molecule has 0 aliphatic carbocycles. The highest BCUT2D eigenvalue weighted by atomic mass is 16.6. The lowest BCUT2D eigenvalue weighted by molar-refractivity contribution is 0.0265. The molecule has 0 N–H and O–H groups in total.